The van der Waals surface area contributed by atoms with Crippen LogP contribution < -0.4 is 5.43 Å². The lowest BCUT2D eigenvalue weighted by Crippen LogP contribution is -2.26. The van der Waals surface area contributed by atoms with Gasteiger partial charge >= 0.3 is 5.97 Å². The molecule has 0 aromatic carbocycles. The fourth-order valence-electron chi connectivity index (χ4n) is 1.92. The lowest BCUT2D eigenvalue weighted by atomic mass is 9.89. The molecule has 0 atom stereocenters. The zero-order chi connectivity index (χ0) is 14.6. The van der Waals surface area contributed by atoms with E-state index in [-0.39, 0.29) is 11.0 Å². The zero-order valence-electron chi connectivity index (χ0n) is 11.9. The average Bonchev–Trinajstić information content (AvgIpc) is 2.29. The van der Waals surface area contributed by atoms with Crippen molar-refractivity contribution in [1.82, 2.24) is 4.57 Å². The summed E-state index contributed by atoms with van der Waals surface area (Å²) in [6, 6.07) is 1.37. The Bertz CT molecular complexity index is 517. The third-order valence-electron chi connectivity index (χ3n) is 3.16. The number of aryl methyl sites for hydroxylation is 1. The van der Waals surface area contributed by atoms with Crippen molar-refractivity contribution in [1.29, 1.82) is 0 Å². The van der Waals surface area contributed by atoms with Crippen LogP contribution in [0.2, 0.25) is 0 Å². The van der Waals surface area contributed by atoms with E-state index in [0.717, 1.165) is 12.1 Å². The average molecular weight is 267 g/mol. The summed E-state index contributed by atoms with van der Waals surface area (Å²) < 4.78 is 6.89. The lowest BCUT2D eigenvalue weighted by molar-refractivity contribution is 0.0693. The summed E-state index contributed by atoms with van der Waals surface area (Å²) in [6.07, 6.45) is 2.28. The molecule has 0 aliphatic carbocycles. The Morgan fingerprint density at radius 2 is 2.11 bits per heavy atom. The molecule has 0 fully saturated rings. The van der Waals surface area contributed by atoms with Gasteiger partial charge in [0.1, 0.15) is 5.56 Å². The molecule has 0 amide bonds. The standard InChI is InChI=1S/C14H21NO4/c1-10-7-12(16)11(13(17)18)8-15(10)9-14(2,3)5-6-19-4/h7-8H,5-6,9H2,1-4H3,(H,17,18). The van der Waals surface area contributed by atoms with E-state index in [1.807, 2.05) is 4.57 Å². The maximum Gasteiger partial charge on any atom is 0.341 e. The third-order valence-corrected chi connectivity index (χ3v) is 3.16. The van der Waals surface area contributed by atoms with Crippen molar-refractivity contribution >= 4 is 5.97 Å². The molecule has 0 saturated heterocycles. The SMILES string of the molecule is COCCC(C)(C)Cn1cc(C(=O)O)c(=O)cc1C. The molecule has 1 heterocycles. The first kappa shape index (κ1) is 15.4. The van der Waals surface area contributed by atoms with Gasteiger partial charge < -0.3 is 14.4 Å². The topological polar surface area (TPSA) is 68.5 Å². The van der Waals surface area contributed by atoms with Crippen molar-refractivity contribution < 1.29 is 14.6 Å². The molecule has 1 aromatic rings. The van der Waals surface area contributed by atoms with Crippen LogP contribution in [0.1, 0.15) is 36.3 Å². The van der Waals surface area contributed by atoms with Crippen LogP contribution in [-0.4, -0.2) is 29.4 Å². The molecule has 0 unspecified atom stereocenters. The van der Waals surface area contributed by atoms with Crippen molar-refractivity contribution in [2.24, 2.45) is 5.41 Å². The number of rotatable bonds is 6. The molecule has 0 saturated carbocycles. The number of carboxylic acid groups (broad SMARTS) is 1. The predicted molar refractivity (Wildman–Crippen MR) is 72.7 cm³/mol. The highest BCUT2D eigenvalue weighted by atomic mass is 16.5. The summed E-state index contributed by atoms with van der Waals surface area (Å²) in [6.45, 7) is 7.27. The normalized spacial score (nSPS) is 11.6. The molecule has 0 aliphatic heterocycles. The van der Waals surface area contributed by atoms with Gasteiger partial charge in [0.15, 0.2) is 5.43 Å². The van der Waals surface area contributed by atoms with E-state index >= 15 is 0 Å². The molecule has 106 valence electrons. The highest BCUT2D eigenvalue weighted by Crippen LogP contribution is 2.23. The number of hydrogen-bond acceptors (Lipinski definition) is 3. The number of aromatic nitrogens is 1. The molecule has 0 aliphatic rings. The number of carbonyl (C=O) groups is 1. The van der Waals surface area contributed by atoms with Gasteiger partial charge in [-0.3, -0.25) is 4.79 Å². The van der Waals surface area contributed by atoms with E-state index in [9.17, 15) is 9.59 Å². The second-order valence-corrected chi connectivity index (χ2v) is 5.53. The molecule has 5 heteroatoms. The van der Waals surface area contributed by atoms with Crippen molar-refractivity contribution in [2.45, 2.75) is 33.7 Å². The Morgan fingerprint density at radius 3 is 2.63 bits per heavy atom. The monoisotopic (exact) mass is 267 g/mol. The van der Waals surface area contributed by atoms with Crippen LogP contribution >= 0.6 is 0 Å². The zero-order valence-corrected chi connectivity index (χ0v) is 11.9. The molecule has 19 heavy (non-hydrogen) atoms. The van der Waals surface area contributed by atoms with Gasteiger partial charge in [-0.1, -0.05) is 13.8 Å². The largest absolute Gasteiger partial charge is 0.477 e. The van der Waals surface area contributed by atoms with E-state index < -0.39 is 11.4 Å². The Hall–Kier alpha value is -1.62. The van der Waals surface area contributed by atoms with Gasteiger partial charge in [-0.25, -0.2) is 4.79 Å². The molecule has 1 aromatic heterocycles. The van der Waals surface area contributed by atoms with Crippen LogP contribution in [0.15, 0.2) is 17.1 Å². The van der Waals surface area contributed by atoms with Gasteiger partial charge in [-0.05, 0) is 18.8 Å². The molecule has 1 N–H and O–H groups in total. The van der Waals surface area contributed by atoms with E-state index in [1.165, 1.54) is 12.3 Å². The number of ether oxygens (including phenoxy) is 1. The second-order valence-electron chi connectivity index (χ2n) is 5.53. The minimum atomic E-state index is -1.19. The minimum absolute atomic E-state index is 0.0361. The minimum Gasteiger partial charge on any atom is -0.477 e. The van der Waals surface area contributed by atoms with Crippen LogP contribution in [0.3, 0.4) is 0 Å². The molecule has 5 nitrogen and oxygen atoms in total. The number of methoxy groups -OCH3 is 1. The number of nitrogens with zero attached hydrogens (tertiary/aromatic N) is 1. The van der Waals surface area contributed by atoms with Gasteiger partial charge in [-0.2, -0.15) is 0 Å². The Kier molecular flexibility index (Phi) is 4.89. The molecule has 0 spiro atoms. The molecular weight excluding hydrogens is 246 g/mol. The van der Waals surface area contributed by atoms with E-state index in [0.29, 0.717) is 13.2 Å². The number of hydrogen-bond donors (Lipinski definition) is 1. The quantitative estimate of drug-likeness (QED) is 0.855. The molecule has 0 radical (unpaired) electrons. The summed E-state index contributed by atoms with van der Waals surface area (Å²) in [5, 5.41) is 8.99. The number of aromatic carboxylic acids is 1. The molecule has 0 bridgehead atoms. The van der Waals surface area contributed by atoms with Crippen LogP contribution in [0.5, 0.6) is 0 Å². The van der Waals surface area contributed by atoms with Crippen molar-refractivity contribution in [3.8, 4) is 0 Å². The fourth-order valence-corrected chi connectivity index (χ4v) is 1.92. The highest BCUT2D eigenvalue weighted by Gasteiger charge is 2.20. The third kappa shape index (κ3) is 4.21. The first-order valence-corrected chi connectivity index (χ1v) is 6.20. The van der Waals surface area contributed by atoms with Gasteiger partial charge in [0.25, 0.3) is 0 Å². The number of pyridine rings is 1. The first-order valence-electron chi connectivity index (χ1n) is 6.20. The van der Waals surface area contributed by atoms with Crippen molar-refractivity contribution in [2.75, 3.05) is 13.7 Å². The summed E-state index contributed by atoms with van der Waals surface area (Å²) in [5.74, 6) is -1.19. The van der Waals surface area contributed by atoms with Gasteiger partial charge in [-0.15, -0.1) is 0 Å². The van der Waals surface area contributed by atoms with Crippen LogP contribution in [0, 0.1) is 12.3 Å². The van der Waals surface area contributed by atoms with Crippen LogP contribution in [-0.2, 0) is 11.3 Å². The maximum atomic E-state index is 11.6. The maximum absolute atomic E-state index is 11.6. The summed E-state index contributed by atoms with van der Waals surface area (Å²) >= 11 is 0. The summed E-state index contributed by atoms with van der Waals surface area (Å²) in [5.41, 5.74) is 0.0931. The number of carboxylic acids is 1. The van der Waals surface area contributed by atoms with E-state index in [4.69, 9.17) is 9.84 Å². The highest BCUT2D eigenvalue weighted by molar-refractivity contribution is 5.87. The van der Waals surface area contributed by atoms with Crippen molar-refractivity contribution in [3.05, 3.63) is 33.7 Å². The Labute approximate surface area is 112 Å². The predicted octanol–water partition coefficient (Wildman–Crippen LogP) is 1.92. The Morgan fingerprint density at radius 1 is 1.47 bits per heavy atom. The molecule has 1 rings (SSSR count). The van der Waals surface area contributed by atoms with E-state index in [1.54, 1.807) is 14.0 Å². The van der Waals surface area contributed by atoms with Gasteiger partial charge in [0.2, 0.25) is 0 Å². The second kappa shape index (κ2) is 6.02. The van der Waals surface area contributed by atoms with Crippen LogP contribution in [0.4, 0.5) is 0 Å². The smallest absolute Gasteiger partial charge is 0.341 e. The molecular formula is C14H21NO4. The fraction of sp³-hybridized carbons (Fsp3) is 0.571. The van der Waals surface area contributed by atoms with Crippen LogP contribution in [0.25, 0.3) is 0 Å². The summed E-state index contributed by atoms with van der Waals surface area (Å²) in [7, 11) is 1.66. The van der Waals surface area contributed by atoms with E-state index in [2.05, 4.69) is 13.8 Å². The lowest BCUT2D eigenvalue weighted by Gasteiger charge is -2.27. The summed E-state index contributed by atoms with van der Waals surface area (Å²) in [4.78, 5) is 22.5. The van der Waals surface area contributed by atoms with Gasteiger partial charge in [0, 0.05) is 38.2 Å². The first-order chi connectivity index (χ1) is 8.76. The Balaban J connectivity index is 3.04. The van der Waals surface area contributed by atoms with Crippen molar-refractivity contribution in [3.63, 3.8) is 0 Å². The van der Waals surface area contributed by atoms with Gasteiger partial charge in [0.05, 0.1) is 0 Å².